The minimum Gasteiger partial charge on any atom is -0.489 e. The first kappa shape index (κ1) is 21.7. The number of benzene rings is 2. The van der Waals surface area contributed by atoms with Crippen molar-refractivity contribution in [1.82, 2.24) is 5.43 Å². The fourth-order valence-electron chi connectivity index (χ4n) is 2.90. The third-order valence-electron chi connectivity index (χ3n) is 4.52. The number of carbonyl (C=O) groups is 1. The minimum atomic E-state index is -0.0266. The van der Waals surface area contributed by atoms with Crippen molar-refractivity contribution < 1.29 is 9.53 Å². The average molecular weight is 381 g/mol. The van der Waals surface area contributed by atoms with Crippen LogP contribution in [0.4, 0.5) is 0 Å². The summed E-state index contributed by atoms with van der Waals surface area (Å²) in [4.78, 5) is 11.8. The highest BCUT2D eigenvalue weighted by molar-refractivity contribution is 5.82. The largest absolute Gasteiger partial charge is 0.489 e. The van der Waals surface area contributed by atoms with Gasteiger partial charge in [-0.3, -0.25) is 4.79 Å². The molecule has 0 aliphatic carbocycles. The predicted molar refractivity (Wildman–Crippen MR) is 116 cm³/mol. The maximum Gasteiger partial charge on any atom is 0.240 e. The van der Waals surface area contributed by atoms with Crippen LogP contribution in [0, 0.1) is 0 Å². The monoisotopic (exact) mass is 380 g/mol. The molecule has 0 saturated heterocycles. The molecule has 0 aromatic heterocycles. The van der Waals surface area contributed by atoms with Crippen molar-refractivity contribution in [2.75, 3.05) is 0 Å². The second-order valence-corrected chi connectivity index (χ2v) is 7.01. The smallest absolute Gasteiger partial charge is 0.240 e. The van der Waals surface area contributed by atoms with E-state index in [-0.39, 0.29) is 5.91 Å². The summed E-state index contributed by atoms with van der Waals surface area (Å²) in [6, 6.07) is 17.7. The molecule has 0 saturated carbocycles. The number of unbranched alkanes of at least 4 members (excludes halogenated alkanes) is 6. The van der Waals surface area contributed by atoms with Crippen molar-refractivity contribution in [3.63, 3.8) is 0 Å². The third-order valence-corrected chi connectivity index (χ3v) is 4.52. The molecule has 2 aromatic rings. The van der Waals surface area contributed by atoms with Crippen molar-refractivity contribution >= 4 is 12.1 Å². The van der Waals surface area contributed by atoms with Crippen LogP contribution in [0.1, 0.15) is 69.4 Å². The molecular weight excluding hydrogens is 348 g/mol. The Kier molecular flexibility index (Phi) is 10.5. The van der Waals surface area contributed by atoms with Gasteiger partial charge in [0, 0.05) is 6.42 Å². The average Bonchev–Trinajstić information content (AvgIpc) is 2.73. The third kappa shape index (κ3) is 9.36. The van der Waals surface area contributed by atoms with Gasteiger partial charge in [-0.15, -0.1) is 0 Å². The molecule has 0 fully saturated rings. The van der Waals surface area contributed by atoms with Crippen LogP contribution in [0.15, 0.2) is 59.7 Å². The molecule has 28 heavy (non-hydrogen) atoms. The van der Waals surface area contributed by atoms with Gasteiger partial charge in [-0.05, 0) is 29.7 Å². The topological polar surface area (TPSA) is 50.7 Å². The van der Waals surface area contributed by atoms with Crippen LogP contribution in [0.3, 0.4) is 0 Å². The number of nitrogens with one attached hydrogen (secondary N) is 1. The Bertz CT molecular complexity index is 714. The first-order valence-corrected chi connectivity index (χ1v) is 10.4. The summed E-state index contributed by atoms with van der Waals surface area (Å²) in [6.07, 6.45) is 10.6. The molecule has 2 rings (SSSR count). The summed E-state index contributed by atoms with van der Waals surface area (Å²) in [5.74, 6) is 0.753. The van der Waals surface area contributed by atoms with Gasteiger partial charge < -0.3 is 4.74 Å². The normalized spacial score (nSPS) is 10.9. The summed E-state index contributed by atoms with van der Waals surface area (Å²) in [7, 11) is 0. The first-order chi connectivity index (χ1) is 13.8. The summed E-state index contributed by atoms with van der Waals surface area (Å²) in [6.45, 7) is 2.75. The van der Waals surface area contributed by atoms with E-state index in [1.165, 1.54) is 32.1 Å². The van der Waals surface area contributed by atoms with Gasteiger partial charge in [-0.25, -0.2) is 5.43 Å². The lowest BCUT2D eigenvalue weighted by molar-refractivity contribution is -0.121. The molecule has 1 amide bonds. The predicted octanol–water partition coefficient (Wildman–Crippen LogP) is 5.86. The van der Waals surface area contributed by atoms with E-state index in [0.717, 1.165) is 29.7 Å². The van der Waals surface area contributed by atoms with Crippen LogP contribution in [0.25, 0.3) is 0 Å². The number of amides is 1. The Morgan fingerprint density at radius 2 is 1.71 bits per heavy atom. The van der Waals surface area contributed by atoms with E-state index < -0.39 is 0 Å². The number of nitrogens with zero attached hydrogens (tertiary/aromatic N) is 1. The van der Waals surface area contributed by atoms with Crippen LogP contribution >= 0.6 is 0 Å². The lowest BCUT2D eigenvalue weighted by Crippen LogP contribution is -2.16. The van der Waals surface area contributed by atoms with E-state index in [9.17, 15) is 4.79 Å². The van der Waals surface area contributed by atoms with Crippen LogP contribution in [-0.4, -0.2) is 12.1 Å². The molecule has 0 spiro atoms. The fraction of sp³-hybridized carbons (Fsp3) is 0.417. The highest BCUT2D eigenvalue weighted by Gasteiger charge is 2.00. The molecule has 2 aromatic carbocycles. The Morgan fingerprint density at radius 3 is 2.50 bits per heavy atom. The number of hydrogen-bond donors (Lipinski definition) is 1. The highest BCUT2D eigenvalue weighted by Crippen LogP contribution is 2.14. The number of hydrogen-bond acceptors (Lipinski definition) is 3. The van der Waals surface area contributed by atoms with Crippen LogP contribution in [0.2, 0.25) is 0 Å². The minimum absolute atomic E-state index is 0.0266. The molecule has 1 N–H and O–H groups in total. The SMILES string of the molecule is CCCCCCCCCC(=O)N/N=C/c1cccc(OCc2ccccc2)c1. The van der Waals surface area contributed by atoms with Gasteiger partial charge in [0.2, 0.25) is 5.91 Å². The van der Waals surface area contributed by atoms with Crippen molar-refractivity contribution in [3.05, 3.63) is 65.7 Å². The fourth-order valence-corrected chi connectivity index (χ4v) is 2.90. The van der Waals surface area contributed by atoms with Crippen LogP contribution in [-0.2, 0) is 11.4 Å². The van der Waals surface area contributed by atoms with E-state index in [2.05, 4.69) is 17.5 Å². The summed E-state index contributed by atoms with van der Waals surface area (Å²) >= 11 is 0. The molecular formula is C24H32N2O2. The Hall–Kier alpha value is -2.62. The maximum atomic E-state index is 11.8. The van der Waals surface area contributed by atoms with Gasteiger partial charge in [0.1, 0.15) is 12.4 Å². The van der Waals surface area contributed by atoms with E-state index in [1.54, 1.807) is 6.21 Å². The molecule has 4 nitrogen and oxygen atoms in total. The van der Waals surface area contributed by atoms with Crippen LogP contribution in [0.5, 0.6) is 5.75 Å². The Balaban J connectivity index is 1.65. The number of carbonyl (C=O) groups excluding carboxylic acids is 1. The van der Waals surface area contributed by atoms with Crippen molar-refractivity contribution in [3.8, 4) is 5.75 Å². The molecule has 0 heterocycles. The highest BCUT2D eigenvalue weighted by atomic mass is 16.5. The molecule has 150 valence electrons. The molecule has 4 heteroatoms. The van der Waals surface area contributed by atoms with Crippen molar-refractivity contribution in [1.29, 1.82) is 0 Å². The Labute approximate surface area is 169 Å². The molecule has 0 aliphatic rings. The molecule has 0 bridgehead atoms. The van der Waals surface area contributed by atoms with Crippen LogP contribution < -0.4 is 10.2 Å². The van der Waals surface area contributed by atoms with E-state index in [4.69, 9.17) is 4.74 Å². The maximum absolute atomic E-state index is 11.8. The second kappa shape index (κ2) is 13.5. The summed E-state index contributed by atoms with van der Waals surface area (Å²) in [5, 5.41) is 4.06. The number of ether oxygens (including phenoxy) is 1. The zero-order valence-electron chi connectivity index (χ0n) is 16.9. The summed E-state index contributed by atoms with van der Waals surface area (Å²) in [5.41, 5.74) is 4.62. The Morgan fingerprint density at radius 1 is 0.964 bits per heavy atom. The second-order valence-electron chi connectivity index (χ2n) is 7.01. The molecule has 0 atom stereocenters. The lowest BCUT2D eigenvalue weighted by atomic mass is 10.1. The molecule has 0 radical (unpaired) electrons. The van der Waals surface area contributed by atoms with Gasteiger partial charge >= 0.3 is 0 Å². The molecule has 0 unspecified atom stereocenters. The van der Waals surface area contributed by atoms with Gasteiger partial charge in [-0.1, -0.05) is 87.9 Å². The van der Waals surface area contributed by atoms with Gasteiger partial charge in [0.05, 0.1) is 6.21 Å². The zero-order valence-corrected chi connectivity index (χ0v) is 16.9. The quantitative estimate of drug-likeness (QED) is 0.269. The van der Waals surface area contributed by atoms with E-state index >= 15 is 0 Å². The standard InChI is InChI=1S/C24H32N2O2/c1-2-3-4-5-6-7-11-17-24(27)26-25-19-22-15-12-16-23(18-22)28-20-21-13-9-8-10-14-21/h8-10,12-16,18-19H,2-7,11,17,20H2,1H3,(H,26,27)/b25-19+. The van der Waals surface area contributed by atoms with Crippen molar-refractivity contribution in [2.45, 2.75) is 64.9 Å². The molecule has 0 aliphatic heterocycles. The zero-order chi connectivity index (χ0) is 19.9. The van der Waals surface area contributed by atoms with E-state index in [0.29, 0.717) is 13.0 Å². The number of rotatable bonds is 13. The van der Waals surface area contributed by atoms with Gasteiger partial charge in [0.25, 0.3) is 0 Å². The van der Waals surface area contributed by atoms with Gasteiger partial charge in [-0.2, -0.15) is 5.10 Å². The van der Waals surface area contributed by atoms with Gasteiger partial charge in [0.15, 0.2) is 0 Å². The number of hydrazone groups is 1. The van der Waals surface area contributed by atoms with E-state index in [1.807, 2.05) is 54.6 Å². The summed E-state index contributed by atoms with van der Waals surface area (Å²) < 4.78 is 5.81. The lowest BCUT2D eigenvalue weighted by Gasteiger charge is -2.06. The van der Waals surface area contributed by atoms with Crippen molar-refractivity contribution in [2.24, 2.45) is 5.10 Å². The first-order valence-electron chi connectivity index (χ1n) is 10.4.